The van der Waals surface area contributed by atoms with E-state index in [1.54, 1.807) is 17.5 Å². The Morgan fingerprint density at radius 3 is 3.00 bits per heavy atom. The van der Waals surface area contributed by atoms with Crippen LogP contribution in [0.2, 0.25) is 0 Å². The number of para-hydroxylation sites is 1. The molecule has 5 rings (SSSR count). The van der Waals surface area contributed by atoms with Crippen LogP contribution in [0.25, 0.3) is 31.9 Å². The fraction of sp³-hybridized carbons (Fsp3) is 0.273. The van der Waals surface area contributed by atoms with Gasteiger partial charge in [0, 0.05) is 43.0 Å². The fourth-order valence-corrected chi connectivity index (χ4v) is 5.02. The number of likely N-dealkylation sites (tertiary alicyclic amines) is 1. The van der Waals surface area contributed by atoms with Crippen LogP contribution in [0, 0.1) is 0 Å². The molecule has 0 bridgehead atoms. The predicted molar refractivity (Wildman–Crippen MR) is 119 cm³/mol. The summed E-state index contributed by atoms with van der Waals surface area (Å²) in [6, 6.07) is 10.1. The molecular formula is C22H22N6OS. The van der Waals surface area contributed by atoms with Crippen LogP contribution in [0.3, 0.4) is 0 Å². The molecule has 4 aromatic rings. The molecule has 1 aliphatic rings. The van der Waals surface area contributed by atoms with Crippen molar-refractivity contribution >= 4 is 33.7 Å². The van der Waals surface area contributed by atoms with E-state index in [2.05, 4.69) is 27.2 Å². The molecule has 0 saturated carbocycles. The highest BCUT2D eigenvalue weighted by molar-refractivity contribution is 7.21. The molecule has 1 saturated heterocycles. The number of fused-ring (bicyclic) bond motifs is 1. The molecule has 2 N–H and O–H groups in total. The number of hydrogen-bond acceptors (Lipinski definition) is 7. The van der Waals surface area contributed by atoms with Crippen LogP contribution in [-0.2, 0) is 4.79 Å². The normalized spacial score (nSPS) is 17.0. The highest BCUT2D eigenvalue weighted by Gasteiger charge is 2.26. The molecule has 0 radical (unpaired) electrons. The predicted octanol–water partition coefficient (Wildman–Crippen LogP) is 3.99. The first kappa shape index (κ1) is 18.9. The molecule has 0 amide bonds. The van der Waals surface area contributed by atoms with E-state index < -0.39 is 0 Å². The third-order valence-electron chi connectivity index (χ3n) is 5.55. The third-order valence-corrected chi connectivity index (χ3v) is 6.62. The first-order valence-electron chi connectivity index (χ1n) is 10.1. The molecule has 0 aliphatic carbocycles. The Morgan fingerprint density at radius 2 is 2.13 bits per heavy atom. The van der Waals surface area contributed by atoms with E-state index in [-0.39, 0.29) is 6.17 Å². The number of carbonyl (C=O) groups is 1. The number of benzene rings is 1. The number of anilines is 1. The Labute approximate surface area is 178 Å². The van der Waals surface area contributed by atoms with Crippen molar-refractivity contribution < 1.29 is 4.79 Å². The second-order valence-electron chi connectivity index (χ2n) is 7.47. The van der Waals surface area contributed by atoms with E-state index in [0.29, 0.717) is 12.2 Å². The van der Waals surface area contributed by atoms with Crippen molar-refractivity contribution in [2.45, 2.75) is 25.4 Å². The SMILES string of the molecule is Nc1ncc(-c2cnn(C3CCCN3CCC=O)c2)cc1-c1nc2ccccc2s1. The first-order chi connectivity index (χ1) is 14.7. The number of hydrogen-bond donors (Lipinski definition) is 1. The standard InChI is InChI=1S/C22H22N6OS/c23-21-17(22-26-18-5-1-2-6-19(18)30-22)11-15(12-24-21)16-13-25-28(14-16)20-7-3-8-27(20)9-4-10-29/h1-2,5-6,10-14,20H,3-4,7-9H2,(H2,23,24). The molecular weight excluding hydrogens is 396 g/mol. The van der Waals surface area contributed by atoms with Gasteiger partial charge in [-0.05, 0) is 31.0 Å². The van der Waals surface area contributed by atoms with Crippen LogP contribution in [0.1, 0.15) is 25.4 Å². The van der Waals surface area contributed by atoms with Gasteiger partial charge in [0.25, 0.3) is 0 Å². The number of aldehydes is 1. The molecule has 152 valence electrons. The van der Waals surface area contributed by atoms with Crippen molar-refractivity contribution in [3.05, 3.63) is 48.9 Å². The lowest BCUT2D eigenvalue weighted by molar-refractivity contribution is -0.108. The van der Waals surface area contributed by atoms with E-state index in [4.69, 9.17) is 10.7 Å². The molecule has 8 heteroatoms. The number of nitrogens with zero attached hydrogens (tertiary/aromatic N) is 5. The molecule has 1 fully saturated rings. The average Bonchev–Trinajstić information content (AvgIpc) is 3.50. The molecule has 1 atom stereocenters. The smallest absolute Gasteiger partial charge is 0.133 e. The lowest BCUT2D eigenvalue weighted by Crippen LogP contribution is -2.28. The quantitative estimate of drug-likeness (QED) is 0.476. The van der Waals surface area contributed by atoms with Crippen molar-refractivity contribution in [1.82, 2.24) is 24.6 Å². The Bertz CT molecular complexity index is 1170. The number of carbonyl (C=O) groups excluding carboxylic acids is 1. The van der Waals surface area contributed by atoms with Crippen molar-refractivity contribution in [2.24, 2.45) is 0 Å². The molecule has 7 nitrogen and oxygen atoms in total. The molecule has 1 unspecified atom stereocenters. The molecule has 1 aliphatic heterocycles. The van der Waals surface area contributed by atoms with Crippen molar-refractivity contribution in [1.29, 1.82) is 0 Å². The lowest BCUT2D eigenvalue weighted by Gasteiger charge is -2.23. The van der Waals surface area contributed by atoms with E-state index >= 15 is 0 Å². The zero-order chi connectivity index (χ0) is 20.5. The average molecular weight is 419 g/mol. The second kappa shape index (κ2) is 7.97. The largest absolute Gasteiger partial charge is 0.383 e. The summed E-state index contributed by atoms with van der Waals surface area (Å²) in [5.74, 6) is 0.473. The third kappa shape index (κ3) is 3.48. The van der Waals surface area contributed by atoms with Gasteiger partial charge in [-0.25, -0.2) is 9.97 Å². The summed E-state index contributed by atoms with van der Waals surface area (Å²) in [5, 5.41) is 5.47. The monoisotopic (exact) mass is 418 g/mol. The van der Waals surface area contributed by atoms with Gasteiger partial charge in [-0.2, -0.15) is 5.10 Å². The van der Waals surface area contributed by atoms with Gasteiger partial charge in [0.15, 0.2) is 0 Å². The van der Waals surface area contributed by atoms with Crippen LogP contribution in [-0.4, -0.2) is 44.0 Å². The van der Waals surface area contributed by atoms with Crippen molar-refractivity contribution in [3.63, 3.8) is 0 Å². The zero-order valence-corrected chi connectivity index (χ0v) is 17.3. The van der Waals surface area contributed by atoms with Crippen molar-refractivity contribution in [2.75, 3.05) is 18.8 Å². The van der Waals surface area contributed by atoms with Gasteiger partial charge in [0.05, 0.1) is 22.0 Å². The van der Waals surface area contributed by atoms with Gasteiger partial charge in [-0.15, -0.1) is 11.3 Å². The second-order valence-corrected chi connectivity index (χ2v) is 8.50. The minimum absolute atomic E-state index is 0.198. The van der Waals surface area contributed by atoms with Crippen molar-refractivity contribution in [3.8, 4) is 21.7 Å². The molecule has 0 spiro atoms. The highest BCUT2D eigenvalue weighted by Crippen LogP contribution is 2.35. The fourth-order valence-electron chi connectivity index (χ4n) is 4.03. The van der Waals surface area contributed by atoms with E-state index in [9.17, 15) is 4.79 Å². The van der Waals surface area contributed by atoms with Gasteiger partial charge < -0.3 is 10.5 Å². The maximum atomic E-state index is 10.8. The minimum Gasteiger partial charge on any atom is -0.383 e. The number of rotatable bonds is 6. The topological polar surface area (TPSA) is 89.9 Å². The minimum atomic E-state index is 0.198. The summed E-state index contributed by atoms with van der Waals surface area (Å²) >= 11 is 1.61. The summed E-state index contributed by atoms with van der Waals surface area (Å²) in [7, 11) is 0. The lowest BCUT2D eigenvalue weighted by atomic mass is 10.1. The Balaban J connectivity index is 1.45. The van der Waals surface area contributed by atoms with Gasteiger partial charge in [-0.3, -0.25) is 9.58 Å². The summed E-state index contributed by atoms with van der Waals surface area (Å²) in [6.07, 6.45) is 9.59. The Morgan fingerprint density at radius 1 is 1.23 bits per heavy atom. The summed E-state index contributed by atoms with van der Waals surface area (Å²) < 4.78 is 3.13. The number of aromatic nitrogens is 4. The molecule has 1 aromatic carbocycles. The van der Waals surface area contributed by atoms with Gasteiger partial charge in [0.1, 0.15) is 23.3 Å². The van der Waals surface area contributed by atoms with Gasteiger partial charge in [-0.1, -0.05) is 12.1 Å². The number of nitrogen functional groups attached to an aromatic ring is 1. The van der Waals surface area contributed by atoms with E-state index in [1.807, 2.05) is 35.1 Å². The maximum absolute atomic E-state index is 10.8. The van der Waals surface area contributed by atoms with E-state index in [1.165, 1.54) is 0 Å². The van der Waals surface area contributed by atoms with Gasteiger partial charge in [0.2, 0.25) is 0 Å². The summed E-state index contributed by atoms with van der Waals surface area (Å²) in [6.45, 7) is 1.77. The van der Waals surface area contributed by atoms with Crippen LogP contribution in [0.5, 0.6) is 0 Å². The molecule has 30 heavy (non-hydrogen) atoms. The zero-order valence-electron chi connectivity index (χ0n) is 16.4. The highest BCUT2D eigenvalue weighted by atomic mass is 32.1. The Hall–Kier alpha value is -3.10. The number of pyridine rings is 1. The Kier molecular flexibility index (Phi) is 5.02. The summed E-state index contributed by atoms with van der Waals surface area (Å²) in [4.78, 5) is 22.2. The van der Waals surface area contributed by atoms with Crippen LogP contribution in [0.15, 0.2) is 48.9 Å². The van der Waals surface area contributed by atoms with Gasteiger partial charge >= 0.3 is 0 Å². The summed E-state index contributed by atoms with van der Waals surface area (Å²) in [5.41, 5.74) is 9.95. The van der Waals surface area contributed by atoms with Crippen LogP contribution >= 0.6 is 11.3 Å². The molecule has 4 heterocycles. The van der Waals surface area contributed by atoms with Crippen LogP contribution < -0.4 is 5.73 Å². The van der Waals surface area contributed by atoms with E-state index in [0.717, 1.165) is 64.1 Å². The number of thiazole rings is 1. The molecule has 3 aromatic heterocycles. The van der Waals surface area contributed by atoms with Crippen LogP contribution in [0.4, 0.5) is 5.82 Å². The maximum Gasteiger partial charge on any atom is 0.133 e. The number of nitrogens with two attached hydrogens (primary N) is 1. The first-order valence-corrected chi connectivity index (χ1v) is 10.9.